The molecule has 284 valence electrons. The highest BCUT2D eigenvalue weighted by Crippen LogP contribution is 2.63. The highest BCUT2D eigenvalue weighted by molar-refractivity contribution is 6.23. The summed E-state index contributed by atoms with van der Waals surface area (Å²) in [4.78, 5) is 2.35. The molecule has 0 saturated carbocycles. The Kier molecular flexibility index (Phi) is 7.26. The fourth-order valence-corrected chi connectivity index (χ4v) is 10.9. The van der Waals surface area contributed by atoms with Crippen LogP contribution in [-0.4, -0.2) is 0 Å². The summed E-state index contributed by atoms with van der Waals surface area (Å²) in [6.45, 7) is 0. The first-order valence-corrected chi connectivity index (χ1v) is 21.1. The van der Waals surface area contributed by atoms with Crippen molar-refractivity contribution < 1.29 is 4.42 Å². The second-order valence-electron chi connectivity index (χ2n) is 16.3. The lowest BCUT2D eigenvalue weighted by atomic mass is 9.70. The molecule has 0 amide bonds. The molecular weight excluding hydrogens is 739 g/mol. The Morgan fingerprint density at radius 1 is 0.328 bits per heavy atom. The smallest absolute Gasteiger partial charge is 0.143 e. The van der Waals surface area contributed by atoms with Gasteiger partial charge >= 0.3 is 0 Å². The lowest BCUT2D eigenvalue weighted by Crippen LogP contribution is -2.25. The predicted molar refractivity (Wildman–Crippen MR) is 253 cm³/mol. The van der Waals surface area contributed by atoms with Crippen LogP contribution in [0.5, 0.6) is 0 Å². The SMILES string of the molecule is c1ccc(N(c2ccccc2)c2cccc3oc4c5ccccc5c(-c5ccccc5-c5ccc6c(c5)C5(c7ccccc7-c7ccccc75)c5ccccc5-6)cc4c23)cc1. The van der Waals surface area contributed by atoms with Crippen molar-refractivity contribution in [3.63, 3.8) is 0 Å². The highest BCUT2D eigenvalue weighted by atomic mass is 16.3. The second kappa shape index (κ2) is 13.0. The molecule has 0 atom stereocenters. The summed E-state index contributed by atoms with van der Waals surface area (Å²) in [6.07, 6.45) is 0. The monoisotopic (exact) mass is 775 g/mol. The van der Waals surface area contributed by atoms with Crippen LogP contribution in [0.25, 0.3) is 77.2 Å². The first-order valence-electron chi connectivity index (χ1n) is 21.1. The van der Waals surface area contributed by atoms with Crippen molar-refractivity contribution in [2.75, 3.05) is 4.90 Å². The van der Waals surface area contributed by atoms with E-state index in [4.69, 9.17) is 4.42 Å². The van der Waals surface area contributed by atoms with Gasteiger partial charge in [-0.15, -0.1) is 0 Å². The van der Waals surface area contributed by atoms with Gasteiger partial charge in [0.05, 0.1) is 16.5 Å². The van der Waals surface area contributed by atoms with Crippen LogP contribution in [0.2, 0.25) is 0 Å². The Bertz CT molecular complexity index is 3440. The lowest BCUT2D eigenvalue weighted by molar-refractivity contribution is 0.672. The molecule has 2 nitrogen and oxygen atoms in total. The number of anilines is 3. The summed E-state index contributed by atoms with van der Waals surface area (Å²) < 4.78 is 6.90. The van der Waals surface area contributed by atoms with Gasteiger partial charge in [0.25, 0.3) is 0 Å². The van der Waals surface area contributed by atoms with E-state index in [0.717, 1.165) is 49.8 Å². The van der Waals surface area contributed by atoms with Crippen molar-refractivity contribution in [1.82, 2.24) is 0 Å². The summed E-state index contributed by atoms with van der Waals surface area (Å²) in [5.74, 6) is 0. The number of hydrogen-bond acceptors (Lipinski definition) is 2. The maximum atomic E-state index is 6.90. The normalized spacial score (nSPS) is 13.0. The fraction of sp³-hybridized carbons (Fsp3) is 0.0169. The summed E-state index contributed by atoms with van der Waals surface area (Å²) in [5, 5.41) is 4.44. The third-order valence-corrected chi connectivity index (χ3v) is 13.3. The molecule has 1 heterocycles. The van der Waals surface area contributed by atoms with Crippen LogP contribution in [0.15, 0.2) is 229 Å². The number of para-hydroxylation sites is 2. The van der Waals surface area contributed by atoms with Gasteiger partial charge < -0.3 is 9.32 Å². The highest BCUT2D eigenvalue weighted by Gasteiger charge is 2.51. The predicted octanol–water partition coefficient (Wildman–Crippen LogP) is 15.9. The van der Waals surface area contributed by atoms with E-state index in [1.54, 1.807) is 0 Å². The zero-order chi connectivity index (χ0) is 40.1. The number of rotatable bonds is 5. The number of furan rings is 1. The first kappa shape index (κ1) is 34.0. The average molecular weight is 776 g/mol. The molecule has 0 aliphatic heterocycles. The van der Waals surface area contributed by atoms with Crippen molar-refractivity contribution in [2.24, 2.45) is 0 Å². The van der Waals surface area contributed by atoms with Gasteiger partial charge in [-0.05, 0) is 121 Å². The summed E-state index contributed by atoms with van der Waals surface area (Å²) >= 11 is 0. The summed E-state index contributed by atoms with van der Waals surface area (Å²) in [5.41, 5.74) is 20.0. The van der Waals surface area contributed by atoms with E-state index in [2.05, 4.69) is 229 Å². The third-order valence-electron chi connectivity index (χ3n) is 13.3. The van der Waals surface area contributed by atoms with E-state index in [-0.39, 0.29) is 0 Å². The molecule has 0 fully saturated rings. The zero-order valence-corrected chi connectivity index (χ0v) is 33.2. The molecule has 1 spiro atoms. The molecule has 0 N–H and O–H groups in total. The van der Waals surface area contributed by atoms with Gasteiger partial charge in [0.15, 0.2) is 0 Å². The largest absolute Gasteiger partial charge is 0.455 e. The number of fused-ring (bicyclic) bond motifs is 15. The minimum absolute atomic E-state index is 0.412. The molecule has 0 radical (unpaired) electrons. The molecule has 0 unspecified atom stereocenters. The van der Waals surface area contributed by atoms with Crippen LogP contribution in [0, 0.1) is 0 Å². The van der Waals surface area contributed by atoms with E-state index in [0.29, 0.717) is 0 Å². The van der Waals surface area contributed by atoms with Gasteiger partial charge in [0.1, 0.15) is 11.2 Å². The van der Waals surface area contributed by atoms with E-state index < -0.39 is 5.41 Å². The van der Waals surface area contributed by atoms with Crippen LogP contribution >= 0.6 is 0 Å². The minimum atomic E-state index is -0.412. The van der Waals surface area contributed by atoms with Gasteiger partial charge in [0, 0.05) is 22.1 Å². The van der Waals surface area contributed by atoms with Gasteiger partial charge in [-0.1, -0.05) is 176 Å². The molecule has 10 aromatic carbocycles. The van der Waals surface area contributed by atoms with Gasteiger partial charge in [-0.2, -0.15) is 0 Å². The quantitative estimate of drug-likeness (QED) is 0.173. The molecule has 1 aromatic heterocycles. The lowest BCUT2D eigenvalue weighted by Gasteiger charge is -2.30. The van der Waals surface area contributed by atoms with Crippen molar-refractivity contribution in [3.8, 4) is 44.5 Å². The van der Waals surface area contributed by atoms with Gasteiger partial charge in [0.2, 0.25) is 0 Å². The average Bonchev–Trinajstić information content (AvgIpc) is 3.97. The molecule has 2 aliphatic rings. The van der Waals surface area contributed by atoms with E-state index >= 15 is 0 Å². The standard InChI is InChI=1S/C59H37NO/c1-3-18-39(19-4-1)60(40-20-5-2-6-21-40)55-32-17-33-56-57(55)50-37-49(43-24-9-10-28-48(43)58(50)61-56)42-23-8-7-22-41(42)38-34-35-47-46-27-13-16-31-53(46)59(54(47)36-38)51-29-14-11-25-44(51)45-26-12-15-30-52(45)59/h1-37H. The van der Waals surface area contributed by atoms with Crippen LogP contribution in [0.3, 0.4) is 0 Å². The number of nitrogens with zero attached hydrogens (tertiary/aromatic N) is 1. The van der Waals surface area contributed by atoms with Crippen molar-refractivity contribution in [3.05, 3.63) is 247 Å². The van der Waals surface area contributed by atoms with Crippen LogP contribution in [-0.2, 0) is 5.41 Å². The summed E-state index contributed by atoms with van der Waals surface area (Å²) in [6, 6.07) is 82.1. The molecular formula is C59H37NO. The fourth-order valence-electron chi connectivity index (χ4n) is 10.9. The Hall–Kier alpha value is -7.94. The third kappa shape index (κ3) is 4.73. The number of benzene rings is 10. The van der Waals surface area contributed by atoms with E-state index in [9.17, 15) is 0 Å². The molecule has 0 bridgehead atoms. The van der Waals surface area contributed by atoms with Crippen LogP contribution < -0.4 is 4.90 Å². The molecule has 13 rings (SSSR count). The molecule has 61 heavy (non-hydrogen) atoms. The van der Waals surface area contributed by atoms with Crippen molar-refractivity contribution >= 4 is 49.8 Å². The van der Waals surface area contributed by atoms with Gasteiger partial charge in [-0.25, -0.2) is 0 Å². The van der Waals surface area contributed by atoms with Crippen LogP contribution in [0.1, 0.15) is 22.3 Å². The Balaban J connectivity index is 1.06. The van der Waals surface area contributed by atoms with E-state index in [1.165, 1.54) is 66.8 Å². The van der Waals surface area contributed by atoms with E-state index in [1.807, 2.05) is 0 Å². The first-order chi connectivity index (χ1) is 30.3. The number of hydrogen-bond donors (Lipinski definition) is 0. The second-order valence-corrected chi connectivity index (χ2v) is 16.3. The van der Waals surface area contributed by atoms with Crippen molar-refractivity contribution in [1.29, 1.82) is 0 Å². The minimum Gasteiger partial charge on any atom is -0.455 e. The Morgan fingerprint density at radius 2 is 0.836 bits per heavy atom. The molecule has 2 aliphatic carbocycles. The molecule has 2 heteroatoms. The summed E-state index contributed by atoms with van der Waals surface area (Å²) in [7, 11) is 0. The van der Waals surface area contributed by atoms with Gasteiger partial charge in [-0.3, -0.25) is 0 Å². The Labute approximate surface area is 354 Å². The maximum absolute atomic E-state index is 6.90. The molecule has 11 aromatic rings. The topological polar surface area (TPSA) is 16.4 Å². The maximum Gasteiger partial charge on any atom is 0.143 e. The van der Waals surface area contributed by atoms with Crippen molar-refractivity contribution in [2.45, 2.75) is 5.41 Å². The van der Waals surface area contributed by atoms with Crippen LogP contribution in [0.4, 0.5) is 17.1 Å². The molecule has 0 saturated heterocycles. The Morgan fingerprint density at radius 3 is 1.46 bits per heavy atom. The zero-order valence-electron chi connectivity index (χ0n) is 33.2.